The van der Waals surface area contributed by atoms with Crippen molar-refractivity contribution in [3.8, 4) is 5.69 Å². The molecule has 2 aromatic heterocycles. The summed E-state index contributed by atoms with van der Waals surface area (Å²) < 4.78 is 9.55. The van der Waals surface area contributed by atoms with Gasteiger partial charge in [-0.15, -0.1) is 0 Å². The van der Waals surface area contributed by atoms with Crippen molar-refractivity contribution >= 4 is 28.5 Å². The first-order valence-corrected chi connectivity index (χ1v) is 13.8. The van der Waals surface area contributed by atoms with Gasteiger partial charge in [0.1, 0.15) is 5.60 Å². The van der Waals surface area contributed by atoms with Gasteiger partial charge in [-0.05, 0) is 93.0 Å². The summed E-state index contributed by atoms with van der Waals surface area (Å²) in [6.45, 7) is 9.89. The molecular formula is C32H35N5O3. The molecule has 0 radical (unpaired) electrons. The van der Waals surface area contributed by atoms with Crippen LogP contribution < -0.4 is 5.73 Å². The Bertz CT molecular complexity index is 1640. The molecule has 4 aromatic rings. The Labute approximate surface area is 234 Å². The smallest absolute Gasteiger partial charge is 0.410 e. The van der Waals surface area contributed by atoms with Crippen LogP contribution in [0.4, 0.5) is 4.79 Å². The Kier molecular flexibility index (Phi) is 6.28. The molecule has 0 unspecified atom stereocenters. The average molecular weight is 538 g/mol. The van der Waals surface area contributed by atoms with Gasteiger partial charge >= 0.3 is 6.09 Å². The molecule has 2 atom stereocenters. The van der Waals surface area contributed by atoms with Crippen LogP contribution in [0.2, 0.25) is 0 Å². The normalized spacial score (nSPS) is 18.7. The number of hydrogen-bond acceptors (Lipinski definition) is 4. The Hall–Kier alpha value is -4.33. The summed E-state index contributed by atoms with van der Waals surface area (Å²) >= 11 is 0. The van der Waals surface area contributed by atoms with E-state index in [2.05, 4.69) is 64.4 Å². The number of carbonyl (C=O) groups is 2. The number of carbonyl (C=O) groups excluding carboxylic acids is 2. The first-order chi connectivity index (χ1) is 19.0. The van der Waals surface area contributed by atoms with Gasteiger partial charge in [0.05, 0.1) is 5.69 Å². The van der Waals surface area contributed by atoms with Crippen LogP contribution in [0.3, 0.4) is 0 Å². The van der Waals surface area contributed by atoms with Crippen LogP contribution in [0.25, 0.3) is 22.2 Å². The molecule has 6 rings (SSSR count). The fourth-order valence-corrected chi connectivity index (χ4v) is 5.93. The second-order valence-electron chi connectivity index (χ2n) is 12.0. The molecule has 40 heavy (non-hydrogen) atoms. The lowest BCUT2D eigenvalue weighted by Gasteiger charge is -2.24. The topological polar surface area (TPSA) is 95.4 Å². The van der Waals surface area contributed by atoms with Crippen molar-refractivity contribution in [3.05, 3.63) is 89.4 Å². The third kappa shape index (κ3) is 5.01. The number of aryl methyl sites for hydroxylation is 1. The highest BCUT2D eigenvalue weighted by Crippen LogP contribution is 2.41. The molecule has 8 nitrogen and oxygen atoms in total. The van der Waals surface area contributed by atoms with E-state index in [4.69, 9.17) is 10.5 Å². The molecular weight excluding hydrogens is 502 g/mol. The van der Waals surface area contributed by atoms with Crippen LogP contribution in [-0.4, -0.2) is 49.9 Å². The standard InChI is InChI=1S/C32H35N5O3/c1-20-13-28(30(33)38)34-37(20)27-9-10-29-23(16-27)11-12-35(29)17-21-5-7-22(8-6-21)24-14-25-18-36(19-26(25)15-24)31(39)40-32(2,3)4/h5-14,16,25-26H,15,17-19H2,1-4H3,(H2,33,38)/t25-,26+/m1/s1. The maximum absolute atomic E-state index is 12.5. The molecule has 1 aliphatic carbocycles. The van der Waals surface area contributed by atoms with Crippen molar-refractivity contribution in [1.82, 2.24) is 19.2 Å². The van der Waals surface area contributed by atoms with E-state index in [-0.39, 0.29) is 11.8 Å². The van der Waals surface area contributed by atoms with Crippen molar-refractivity contribution < 1.29 is 14.3 Å². The van der Waals surface area contributed by atoms with Gasteiger partial charge in [-0.2, -0.15) is 5.10 Å². The maximum Gasteiger partial charge on any atom is 0.410 e. The zero-order valence-electron chi connectivity index (χ0n) is 23.4. The zero-order valence-corrected chi connectivity index (χ0v) is 23.4. The summed E-state index contributed by atoms with van der Waals surface area (Å²) in [5, 5.41) is 5.46. The van der Waals surface area contributed by atoms with Crippen molar-refractivity contribution in [3.63, 3.8) is 0 Å². The lowest BCUT2D eigenvalue weighted by Crippen LogP contribution is -2.35. The van der Waals surface area contributed by atoms with E-state index in [0.29, 0.717) is 11.8 Å². The van der Waals surface area contributed by atoms with Gasteiger partial charge in [-0.25, -0.2) is 9.48 Å². The fraction of sp³-hybridized carbons (Fsp3) is 0.344. The molecule has 0 bridgehead atoms. The first kappa shape index (κ1) is 25.9. The zero-order chi connectivity index (χ0) is 28.2. The number of benzene rings is 2. The fourth-order valence-electron chi connectivity index (χ4n) is 5.93. The number of likely N-dealkylation sites (tertiary alicyclic amines) is 1. The van der Waals surface area contributed by atoms with Crippen LogP contribution in [0.5, 0.6) is 0 Å². The second-order valence-corrected chi connectivity index (χ2v) is 12.0. The number of fused-ring (bicyclic) bond motifs is 2. The van der Waals surface area contributed by atoms with Gasteiger partial charge in [-0.3, -0.25) is 4.79 Å². The van der Waals surface area contributed by atoms with E-state index in [1.165, 1.54) is 16.7 Å². The van der Waals surface area contributed by atoms with E-state index in [1.54, 1.807) is 10.7 Å². The molecule has 3 heterocycles. The van der Waals surface area contributed by atoms with Crippen LogP contribution >= 0.6 is 0 Å². The van der Waals surface area contributed by atoms with E-state index >= 15 is 0 Å². The predicted octanol–water partition coefficient (Wildman–Crippen LogP) is 5.55. The third-order valence-electron chi connectivity index (χ3n) is 7.86. The Balaban J connectivity index is 1.13. The van der Waals surface area contributed by atoms with Crippen molar-refractivity contribution in [2.45, 2.75) is 46.3 Å². The lowest BCUT2D eigenvalue weighted by molar-refractivity contribution is 0.0285. The molecule has 2 N–H and O–H groups in total. The van der Waals surface area contributed by atoms with Gasteiger partial charge < -0.3 is 19.9 Å². The van der Waals surface area contributed by atoms with Crippen molar-refractivity contribution in [2.75, 3.05) is 13.1 Å². The lowest BCUT2D eigenvalue weighted by atomic mass is 9.98. The molecule has 206 valence electrons. The number of nitrogens with two attached hydrogens (primary N) is 1. The molecule has 1 fully saturated rings. The Morgan fingerprint density at radius 3 is 2.50 bits per heavy atom. The van der Waals surface area contributed by atoms with Crippen LogP contribution in [0, 0.1) is 18.8 Å². The van der Waals surface area contributed by atoms with Crippen LogP contribution in [-0.2, 0) is 11.3 Å². The number of primary amides is 1. The number of aromatic nitrogens is 3. The summed E-state index contributed by atoms with van der Waals surface area (Å²) in [6, 6.07) is 18.8. The number of allylic oxidation sites excluding steroid dienone is 1. The minimum absolute atomic E-state index is 0.205. The summed E-state index contributed by atoms with van der Waals surface area (Å²) in [6.07, 6.45) is 5.24. The molecule has 1 saturated heterocycles. The second kappa shape index (κ2) is 9.70. The van der Waals surface area contributed by atoms with Crippen LogP contribution in [0.1, 0.15) is 54.5 Å². The largest absolute Gasteiger partial charge is 0.444 e. The van der Waals surface area contributed by atoms with Gasteiger partial charge in [-0.1, -0.05) is 30.3 Å². The number of nitrogens with zero attached hydrogens (tertiary/aromatic N) is 4. The quantitative estimate of drug-likeness (QED) is 0.361. The molecule has 2 aliphatic rings. The summed E-state index contributed by atoms with van der Waals surface area (Å²) in [4.78, 5) is 25.9. The van der Waals surface area contributed by atoms with Crippen molar-refractivity contribution in [2.24, 2.45) is 17.6 Å². The average Bonchev–Trinajstić information content (AvgIpc) is 3.66. The van der Waals surface area contributed by atoms with E-state index in [9.17, 15) is 9.59 Å². The minimum atomic E-state index is -0.531. The highest BCUT2D eigenvalue weighted by Gasteiger charge is 2.39. The summed E-state index contributed by atoms with van der Waals surface area (Å²) in [7, 11) is 0. The third-order valence-corrected chi connectivity index (χ3v) is 7.86. The number of amides is 2. The van der Waals surface area contributed by atoms with Gasteiger partial charge in [0.15, 0.2) is 5.69 Å². The SMILES string of the molecule is Cc1cc(C(N)=O)nn1-c1ccc2c(ccn2Cc2ccc(C3=C[C@@H]4CN(C(=O)OC(C)(C)C)C[C@@H]4C3)cc2)c1. The first-order valence-electron chi connectivity index (χ1n) is 13.8. The summed E-state index contributed by atoms with van der Waals surface area (Å²) in [5.41, 5.74) is 11.9. The number of ether oxygens (including phenoxy) is 1. The molecule has 2 amide bonds. The monoisotopic (exact) mass is 537 g/mol. The molecule has 0 saturated carbocycles. The number of rotatable bonds is 5. The highest BCUT2D eigenvalue weighted by molar-refractivity contribution is 5.91. The minimum Gasteiger partial charge on any atom is -0.444 e. The van der Waals surface area contributed by atoms with E-state index in [0.717, 1.165) is 48.3 Å². The van der Waals surface area contributed by atoms with Crippen LogP contribution in [0.15, 0.2) is 66.9 Å². The summed E-state index contributed by atoms with van der Waals surface area (Å²) in [5.74, 6) is 0.328. The van der Waals surface area contributed by atoms with E-state index < -0.39 is 11.5 Å². The molecule has 1 aliphatic heterocycles. The number of hydrogen-bond donors (Lipinski definition) is 1. The predicted molar refractivity (Wildman–Crippen MR) is 155 cm³/mol. The van der Waals surface area contributed by atoms with Gasteiger partial charge in [0.25, 0.3) is 5.91 Å². The van der Waals surface area contributed by atoms with E-state index in [1.807, 2.05) is 38.7 Å². The van der Waals surface area contributed by atoms with Gasteiger partial charge in [0, 0.05) is 42.4 Å². The van der Waals surface area contributed by atoms with Crippen molar-refractivity contribution in [1.29, 1.82) is 0 Å². The molecule has 0 spiro atoms. The Morgan fingerprint density at radius 1 is 1.05 bits per heavy atom. The molecule has 8 heteroatoms. The van der Waals surface area contributed by atoms with Gasteiger partial charge in [0.2, 0.25) is 0 Å². The Morgan fingerprint density at radius 2 is 1.82 bits per heavy atom. The highest BCUT2D eigenvalue weighted by atomic mass is 16.6. The molecule has 2 aromatic carbocycles. The maximum atomic E-state index is 12.5.